The lowest BCUT2D eigenvalue weighted by Gasteiger charge is -2.20. The van der Waals surface area contributed by atoms with Crippen LogP contribution in [0.15, 0.2) is 48.1 Å². The van der Waals surface area contributed by atoms with E-state index in [1.165, 1.54) is 67.6 Å². The van der Waals surface area contributed by atoms with E-state index in [4.69, 9.17) is 4.99 Å². The summed E-state index contributed by atoms with van der Waals surface area (Å²) in [6, 6.07) is 6.78. The van der Waals surface area contributed by atoms with E-state index >= 15 is 0 Å². The van der Waals surface area contributed by atoms with Gasteiger partial charge in [0.2, 0.25) is 0 Å². The van der Waals surface area contributed by atoms with E-state index < -0.39 is 0 Å². The number of aryl methyl sites for hydroxylation is 1. The molecule has 1 aromatic carbocycles. The lowest BCUT2D eigenvalue weighted by atomic mass is 9.87. The third kappa shape index (κ3) is 4.94. The maximum absolute atomic E-state index is 4.96. The van der Waals surface area contributed by atoms with Crippen molar-refractivity contribution in [1.29, 1.82) is 0 Å². The number of rotatable bonds is 11. The van der Waals surface area contributed by atoms with Crippen molar-refractivity contribution in [3.63, 3.8) is 0 Å². The Kier molecular flexibility index (Phi) is 7.50. The van der Waals surface area contributed by atoms with Crippen LogP contribution in [0.4, 0.5) is 0 Å². The Bertz CT molecular complexity index is 719. The summed E-state index contributed by atoms with van der Waals surface area (Å²) in [5.74, 6) is 1.18. The molecule has 0 aliphatic carbocycles. The van der Waals surface area contributed by atoms with Gasteiger partial charge in [0.15, 0.2) is 0 Å². The summed E-state index contributed by atoms with van der Waals surface area (Å²) in [7, 11) is 4.20. The van der Waals surface area contributed by atoms with Crippen molar-refractivity contribution in [2.24, 2.45) is 16.8 Å². The molecule has 0 radical (unpaired) electrons. The van der Waals surface area contributed by atoms with E-state index in [0.717, 1.165) is 31.0 Å². The van der Waals surface area contributed by atoms with Gasteiger partial charge in [-0.2, -0.15) is 0 Å². The highest BCUT2D eigenvalue weighted by atomic mass is 15.1. The summed E-state index contributed by atoms with van der Waals surface area (Å²) >= 11 is 0. The Balaban J connectivity index is 1.61. The molecule has 0 aromatic heterocycles. The van der Waals surface area contributed by atoms with E-state index in [1.807, 2.05) is 13.1 Å². The highest BCUT2D eigenvalue weighted by Gasteiger charge is 2.26. The van der Waals surface area contributed by atoms with Crippen LogP contribution in [0.25, 0.3) is 0 Å². The second-order valence-corrected chi connectivity index (χ2v) is 8.50. The molecule has 0 spiro atoms. The third-order valence-corrected chi connectivity index (χ3v) is 6.49. The molecule has 1 fully saturated rings. The Hall–Kier alpha value is -1.87. The van der Waals surface area contributed by atoms with Crippen molar-refractivity contribution >= 4 is 5.71 Å². The van der Waals surface area contributed by atoms with Crippen LogP contribution >= 0.6 is 0 Å². The second-order valence-electron chi connectivity index (χ2n) is 8.50. The SMILES string of the molecule is C=CCCC(C(=C)NC)C1=NCc2c(CCCCC3CCN(C)C3)cccc21. The van der Waals surface area contributed by atoms with Crippen LogP contribution in [0.3, 0.4) is 0 Å². The molecule has 28 heavy (non-hydrogen) atoms. The van der Waals surface area contributed by atoms with Crippen molar-refractivity contribution in [3.8, 4) is 0 Å². The van der Waals surface area contributed by atoms with Crippen molar-refractivity contribution < 1.29 is 0 Å². The van der Waals surface area contributed by atoms with Crippen LogP contribution in [-0.4, -0.2) is 37.8 Å². The molecule has 1 aromatic rings. The minimum Gasteiger partial charge on any atom is -0.391 e. The predicted molar refractivity (Wildman–Crippen MR) is 121 cm³/mol. The Morgan fingerprint density at radius 2 is 2.25 bits per heavy atom. The number of hydrogen-bond acceptors (Lipinski definition) is 3. The fourth-order valence-electron chi connectivity index (χ4n) is 4.79. The molecule has 3 heteroatoms. The number of likely N-dealkylation sites (tertiary alicyclic amines) is 1. The molecule has 0 bridgehead atoms. The first-order valence-electron chi connectivity index (χ1n) is 11.0. The molecule has 2 aliphatic rings. The molecule has 2 aliphatic heterocycles. The highest BCUT2D eigenvalue weighted by molar-refractivity contribution is 6.06. The summed E-state index contributed by atoms with van der Waals surface area (Å²) in [4.78, 5) is 7.43. The van der Waals surface area contributed by atoms with Crippen molar-refractivity contribution in [1.82, 2.24) is 10.2 Å². The van der Waals surface area contributed by atoms with E-state index in [1.54, 1.807) is 0 Å². The molecule has 1 N–H and O–H groups in total. The van der Waals surface area contributed by atoms with Crippen LogP contribution in [0.2, 0.25) is 0 Å². The van der Waals surface area contributed by atoms with Crippen LogP contribution in [0.1, 0.15) is 55.2 Å². The van der Waals surface area contributed by atoms with Gasteiger partial charge in [0, 0.05) is 30.8 Å². The smallest absolute Gasteiger partial charge is 0.0652 e. The zero-order valence-electron chi connectivity index (χ0n) is 17.8. The lowest BCUT2D eigenvalue weighted by Crippen LogP contribution is -2.23. The van der Waals surface area contributed by atoms with Gasteiger partial charge < -0.3 is 10.2 Å². The van der Waals surface area contributed by atoms with Crippen LogP contribution in [0.5, 0.6) is 0 Å². The average Bonchev–Trinajstić information content (AvgIpc) is 3.32. The number of benzene rings is 1. The van der Waals surface area contributed by atoms with Gasteiger partial charge in [-0.25, -0.2) is 0 Å². The molecule has 2 unspecified atom stereocenters. The minimum absolute atomic E-state index is 0.263. The number of nitrogens with one attached hydrogen (secondary N) is 1. The largest absolute Gasteiger partial charge is 0.391 e. The highest BCUT2D eigenvalue weighted by Crippen LogP contribution is 2.31. The number of unbranched alkanes of at least 4 members (excludes halogenated alkanes) is 1. The lowest BCUT2D eigenvalue weighted by molar-refractivity contribution is 0.383. The molecular weight excluding hydrogens is 342 g/mol. The van der Waals surface area contributed by atoms with Gasteiger partial charge in [0.05, 0.1) is 12.3 Å². The Morgan fingerprint density at radius 1 is 1.39 bits per heavy atom. The van der Waals surface area contributed by atoms with Gasteiger partial charge in [-0.15, -0.1) is 6.58 Å². The maximum Gasteiger partial charge on any atom is 0.0652 e. The number of fused-ring (bicyclic) bond motifs is 1. The number of hydrogen-bond donors (Lipinski definition) is 1. The third-order valence-electron chi connectivity index (χ3n) is 6.49. The van der Waals surface area contributed by atoms with Gasteiger partial charge in [0.25, 0.3) is 0 Å². The normalized spacial score (nSPS) is 19.9. The monoisotopic (exact) mass is 379 g/mol. The number of aliphatic imine (C=N–C) groups is 1. The van der Waals surface area contributed by atoms with Gasteiger partial charge in [0.1, 0.15) is 0 Å². The first kappa shape index (κ1) is 20.9. The fraction of sp³-hybridized carbons (Fsp3) is 0.560. The summed E-state index contributed by atoms with van der Waals surface area (Å²) in [5, 5.41) is 3.25. The summed E-state index contributed by atoms with van der Waals surface area (Å²) in [5.41, 5.74) is 6.57. The number of allylic oxidation sites excluding steroid dienone is 2. The topological polar surface area (TPSA) is 27.6 Å². The predicted octanol–water partition coefficient (Wildman–Crippen LogP) is 4.97. The first-order chi connectivity index (χ1) is 13.6. The minimum atomic E-state index is 0.263. The van der Waals surface area contributed by atoms with Gasteiger partial charge in [-0.1, -0.05) is 37.3 Å². The summed E-state index contributed by atoms with van der Waals surface area (Å²) in [6.45, 7) is 11.5. The van der Waals surface area contributed by atoms with E-state index in [9.17, 15) is 0 Å². The van der Waals surface area contributed by atoms with Gasteiger partial charge in [-0.3, -0.25) is 4.99 Å². The fourth-order valence-corrected chi connectivity index (χ4v) is 4.79. The van der Waals surface area contributed by atoms with Crippen molar-refractivity contribution in [2.75, 3.05) is 27.2 Å². The standard InChI is InChI=1S/C25H37N3/c1-5-6-13-22(19(2)26-3)25-23-14-9-12-21(24(23)17-27-25)11-8-7-10-20-15-16-28(4)18-20/h5,9,12,14,20,22,26H,1-2,6-8,10-11,13,15-18H2,3-4H3. The zero-order chi connectivity index (χ0) is 19.9. The van der Waals surface area contributed by atoms with Crippen molar-refractivity contribution in [2.45, 2.75) is 51.5 Å². The van der Waals surface area contributed by atoms with Crippen LogP contribution < -0.4 is 5.32 Å². The van der Waals surface area contributed by atoms with Crippen LogP contribution in [0, 0.1) is 11.8 Å². The first-order valence-corrected chi connectivity index (χ1v) is 11.0. The van der Waals surface area contributed by atoms with Gasteiger partial charge in [-0.05, 0) is 69.2 Å². The molecule has 0 amide bonds. The van der Waals surface area contributed by atoms with E-state index in [2.05, 4.69) is 48.6 Å². The molecule has 2 heterocycles. The van der Waals surface area contributed by atoms with E-state index in [-0.39, 0.29) is 5.92 Å². The molecule has 3 rings (SSSR count). The summed E-state index contributed by atoms with van der Waals surface area (Å²) < 4.78 is 0. The van der Waals surface area contributed by atoms with Crippen molar-refractivity contribution in [3.05, 3.63) is 59.8 Å². The number of nitrogens with zero attached hydrogens (tertiary/aromatic N) is 2. The Morgan fingerprint density at radius 3 is 2.96 bits per heavy atom. The Labute approximate surface area is 171 Å². The molecule has 3 nitrogen and oxygen atoms in total. The van der Waals surface area contributed by atoms with E-state index in [0.29, 0.717) is 0 Å². The molecule has 2 atom stereocenters. The quantitative estimate of drug-likeness (QED) is 0.434. The molecule has 152 valence electrons. The molecule has 0 saturated carbocycles. The maximum atomic E-state index is 4.96. The second kappa shape index (κ2) is 10.1. The summed E-state index contributed by atoms with van der Waals surface area (Å²) in [6.07, 6.45) is 10.6. The van der Waals surface area contributed by atoms with Crippen LogP contribution in [-0.2, 0) is 13.0 Å². The molecule has 1 saturated heterocycles. The van der Waals surface area contributed by atoms with Gasteiger partial charge >= 0.3 is 0 Å². The zero-order valence-corrected chi connectivity index (χ0v) is 17.8. The average molecular weight is 380 g/mol. The molecular formula is C25H37N3.